The van der Waals surface area contributed by atoms with Gasteiger partial charge in [0, 0.05) is 19.5 Å². The molecule has 0 radical (unpaired) electrons. The molecule has 2 nitrogen and oxygen atoms in total. The van der Waals surface area contributed by atoms with Gasteiger partial charge in [-0.1, -0.05) is 12.8 Å². The molecule has 2 fully saturated rings. The molecule has 1 N–H and O–H groups in total. The summed E-state index contributed by atoms with van der Waals surface area (Å²) in [5.74, 6) is 2.39. The normalized spacial score (nSPS) is 23.5. The number of nitrogens with one attached hydrogen (secondary N) is 1. The van der Waals surface area contributed by atoms with Crippen molar-refractivity contribution >= 4 is 5.84 Å². The smallest absolute Gasteiger partial charge is 0.0986 e. The van der Waals surface area contributed by atoms with Crippen LogP contribution in [0.5, 0.6) is 0 Å². The minimum absolute atomic E-state index is 0.617. The van der Waals surface area contributed by atoms with E-state index in [0.29, 0.717) is 5.92 Å². The second-order valence-corrected chi connectivity index (χ2v) is 4.69. The first kappa shape index (κ1) is 9.04. The van der Waals surface area contributed by atoms with E-state index in [9.17, 15) is 0 Å². The van der Waals surface area contributed by atoms with Gasteiger partial charge in [-0.15, -0.1) is 0 Å². The van der Waals surface area contributed by atoms with Crippen LogP contribution in [0.25, 0.3) is 0 Å². The molecular weight excluding hydrogens is 160 g/mol. The second kappa shape index (κ2) is 3.69. The van der Waals surface area contributed by atoms with Crippen molar-refractivity contribution < 1.29 is 0 Å². The fraction of sp³-hybridized carbons (Fsp3) is 0.909. The molecule has 2 aliphatic carbocycles. The van der Waals surface area contributed by atoms with E-state index >= 15 is 0 Å². The molecule has 0 aliphatic heterocycles. The summed E-state index contributed by atoms with van der Waals surface area (Å²) >= 11 is 0. The quantitative estimate of drug-likeness (QED) is 0.524. The standard InChI is InChI=1S/C11H20N2/c1-13(11(12)10-6-7-10)8-9-4-2-3-5-9/h9-10,12H,2-8H2,1H3. The van der Waals surface area contributed by atoms with Crippen LogP contribution in [0.4, 0.5) is 0 Å². The summed E-state index contributed by atoms with van der Waals surface area (Å²) in [4.78, 5) is 2.19. The Morgan fingerprint density at radius 3 is 2.38 bits per heavy atom. The number of hydrogen-bond acceptors (Lipinski definition) is 1. The van der Waals surface area contributed by atoms with Gasteiger partial charge < -0.3 is 4.90 Å². The van der Waals surface area contributed by atoms with Crippen LogP contribution < -0.4 is 0 Å². The van der Waals surface area contributed by atoms with E-state index in [1.165, 1.54) is 38.5 Å². The van der Waals surface area contributed by atoms with Crippen molar-refractivity contribution in [2.24, 2.45) is 11.8 Å². The van der Waals surface area contributed by atoms with E-state index in [1.807, 2.05) is 0 Å². The molecule has 0 spiro atoms. The van der Waals surface area contributed by atoms with E-state index in [0.717, 1.165) is 18.3 Å². The Morgan fingerprint density at radius 2 is 1.85 bits per heavy atom. The first-order chi connectivity index (χ1) is 6.27. The van der Waals surface area contributed by atoms with E-state index < -0.39 is 0 Å². The fourth-order valence-electron chi connectivity index (χ4n) is 2.35. The first-order valence-corrected chi connectivity index (χ1v) is 5.57. The first-order valence-electron chi connectivity index (χ1n) is 5.57. The van der Waals surface area contributed by atoms with Gasteiger partial charge in [-0.25, -0.2) is 0 Å². The van der Waals surface area contributed by atoms with Crippen molar-refractivity contribution in [2.75, 3.05) is 13.6 Å². The molecule has 0 aromatic carbocycles. The average Bonchev–Trinajstić information content (AvgIpc) is 2.85. The zero-order valence-corrected chi connectivity index (χ0v) is 8.55. The Bertz CT molecular complexity index is 190. The van der Waals surface area contributed by atoms with Crippen LogP contribution in [0, 0.1) is 17.2 Å². The number of rotatable bonds is 3. The Kier molecular flexibility index (Phi) is 2.56. The van der Waals surface area contributed by atoms with Gasteiger partial charge in [-0.05, 0) is 31.6 Å². The van der Waals surface area contributed by atoms with E-state index in [-0.39, 0.29) is 0 Å². The van der Waals surface area contributed by atoms with E-state index in [1.54, 1.807) is 0 Å². The van der Waals surface area contributed by atoms with Gasteiger partial charge in [-0.2, -0.15) is 0 Å². The average molecular weight is 180 g/mol. The predicted molar refractivity (Wildman–Crippen MR) is 55.0 cm³/mol. The van der Waals surface area contributed by atoms with Crippen molar-refractivity contribution in [1.82, 2.24) is 4.90 Å². The van der Waals surface area contributed by atoms with Crippen LogP contribution in [0.1, 0.15) is 38.5 Å². The molecule has 0 saturated heterocycles. The Labute approximate surface area is 80.8 Å². The maximum Gasteiger partial charge on any atom is 0.0986 e. The van der Waals surface area contributed by atoms with Crippen molar-refractivity contribution in [3.8, 4) is 0 Å². The Hall–Kier alpha value is -0.530. The van der Waals surface area contributed by atoms with Crippen LogP contribution in [0.15, 0.2) is 0 Å². The highest BCUT2D eigenvalue weighted by Crippen LogP contribution is 2.32. The Balaban J connectivity index is 1.75. The molecule has 0 aromatic rings. The molecule has 2 aliphatic rings. The lowest BCUT2D eigenvalue weighted by atomic mass is 10.1. The molecule has 0 amide bonds. The summed E-state index contributed by atoms with van der Waals surface area (Å²) in [5.41, 5.74) is 0. The lowest BCUT2D eigenvalue weighted by molar-refractivity contribution is 0.379. The van der Waals surface area contributed by atoms with Gasteiger partial charge in [0.05, 0.1) is 5.84 Å². The summed E-state index contributed by atoms with van der Waals surface area (Å²) in [6.45, 7) is 1.13. The SMILES string of the molecule is CN(CC1CCCC1)C(=N)C1CC1. The molecular formula is C11H20N2. The van der Waals surface area contributed by atoms with Gasteiger partial charge >= 0.3 is 0 Å². The lowest BCUT2D eigenvalue weighted by Crippen LogP contribution is -2.31. The molecule has 0 atom stereocenters. The third-order valence-electron chi connectivity index (χ3n) is 3.38. The van der Waals surface area contributed by atoms with Crippen molar-refractivity contribution in [1.29, 1.82) is 5.41 Å². The summed E-state index contributed by atoms with van der Waals surface area (Å²) in [5, 5.41) is 7.90. The zero-order chi connectivity index (χ0) is 9.26. The molecule has 2 rings (SSSR count). The van der Waals surface area contributed by atoms with Crippen LogP contribution in [0.2, 0.25) is 0 Å². The highest BCUT2D eigenvalue weighted by molar-refractivity contribution is 5.83. The van der Waals surface area contributed by atoms with Gasteiger partial charge in [0.15, 0.2) is 0 Å². The fourth-order valence-corrected chi connectivity index (χ4v) is 2.35. The third-order valence-corrected chi connectivity index (χ3v) is 3.38. The van der Waals surface area contributed by atoms with Gasteiger partial charge in [0.2, 0.25) is 0 Å². The molecule has 13 heavy (non-hydrogen) atoms. The zero-order valence-electron chi connectivity index (χ0n) is 8.55. The maximum absolute atomic E-state index is 7.90. The van der Waals surface area contributed by atoms with Gasteiger partial charge in [-0.3, -0.25) is 5.41 Å². The molecule has 0 aromatic heterocycles. The van der Waals surface area contributed by atoms with Gasteiger partial charge in [0.25, 0.3) is 0 Å². The minimum atomic E-state index is 0.617. The van der Waals surface area contributed by atoms with Crippen LogP contribution in [-0.2, 0) is 0 Å². The van der Waals surface area contributed by atoms with Crippen LogP contribution in [0.3, 0.4) is 0 Å². The van der Waals surface area contributed by atoms with Crippen LogP contribution >= 0.6 is 0 Å². The highest BCUT2D eigenvalue weighted by atomic mass is 15.1. The molecule has 2 saturated carbocycles. The summed E-state index contributed by atoms with van der Waals surface area (Å²) in [6, 6.07) is 0. The summed E-state index contributed by atoms with van der Waals surface area (Å²) < 4.78 is 0. The van der Waals surface area contributed by atoms with Crippen molar-refractivity contribution in [2.45, 2.75) is 38.5 Å². The number of hydrogen-bond donors (Lipinski definition) is 1. The highest BCUT2D eigenvalue weighted by Gasteiger charge is 2.29. The molecule has 0 unspecified atom stereocenters. The maximum atomic E-state index is 7.90. The largest absolute Gasteiger partial charge is 0.363 e. The molecule has 74 valence electrons. The second-order valence-electron chi connectivity index (χ2n) is 4.69. The summed E-state index contributed by atoms with van der Waals surface area (Å²) in [6.07, 6.45) is 8.12. The topological polar surface area (TPSA) is 27.1 Å². The molecule has 0 bridgehead atoms. The van der Waals surface area contributed by atoms with Gasteiger partial charge in [0.1, 0.15) is 0 Å². The van der Waals surface area contributed by atoms with E-state index in [4.69, 9.17) is 5.41 Å². The van der Waals surface area contributed by atoms with Crippen molar-refractivity contribution in [3.05, 3.63) is 0 Å². The summed E-state index contributed by atoms with van der Waals surface area (Å²) in [7, 11) is 2.10. The third kappa shape index (κ3) is 2.23. The number of amidine groups is 1. The lowest BCUT2D eigenvalue weighted by Gasteiger charge is -2.23. The Morgan fingerprint density at radius 1 is 1.23 bits per heavy atom. The number of nitrogens with zero attached hydrogens (tertiary/aromatic N) is 1. The molecule has 2 heteroatoms. The minimum Gasteiger partial charge on any atom is -0.363 e. The van der Waals surface area contributed by atoms with E-state index in [2.05, 4.69) is 11.9 Å². The van der Waals surface area contributed by atoms with Crippen molar-refractivity contribution in [3.63, 3.8) is 0 Å². The predicted octanol–water partition coefficient (Wildman–Crippen LogP) is 2.50. The monoisotopic (exact) mass is 180 g/mol. The molecule has 0 heterocycles. The van der Waals surface area contributed by atoms with Crippen LogP contribution in [-0.4, -0.2) is 24.3 Å².